The van der Waals surface area contributed by atoms with Crippen LogP contribution in [0.1, 0.15) is 23.7 Å². The summed E-state index contributed by atoms with van der Waals surface area (Å²) in [7, 11) is 0. The number of alkyl halides is 3. The lowest BCUT2D eigenvalue weighted by molar-refractivity contribution is -0.137. The van der Waals surface area contributed by atoms with E-state index in [0.29, 0.717) is 12.0 Å². The normalized spacial score (nSPS) is 25.1. The van der Waals surface area contributed by atoms with Gasteiger partial charge in [-0.2, -0.15) is 18.4 Å². The molecule has 1 fully saturated rings. The first-order valence-corrected chi connectivity index (χ1v) is 5.18. The first-order valence-electron chi connectivity index (χ1n) is 5.18. The van der Waals surface area contributed by atoms with E-state index in [1.807, 2.05) is 6.07 Å². The maximum Gasteiger partial charge on any atom is 0.416 e. The Hall–Kier alpha value is -1.54. The molecule has 2 rings (SSSR count). The molecule has 0 aliphatic heterocycles. The van der Waals surface area contributed by atoms with E-state index < -0.39 is 17.8 Å². The van der Waals surface area contributed by atoms with Gasteiger partial charge in [0.05, 0.1) is 23.7 Å². The predicted octanol–water partition coefficient (Wildman–Crippen LogP) is 2.90. The lowest BCUT2D eigenvalue weighted by Crippen LogP contribution is -2.06. The van der Waals surface area contributed by atoms with E-state index in [-0.39, 0.29) is 11.8 Å². The highest BCUT2D eigenvalue weighted by Crippen LogP contribution is 2.47. The molecule has 1 saturated carbocycles. The number of rotatable bonds is 2. The third kappa shape index (κ3) is 2.42. The van der Waals surface area contributed by atoms with Crippen molar-refractivity contribution in [2.75, 3.05) is 0 Å². The lowest BCUT2D eigenvalue weighted by atomic mass is 10.0. The Bertz CT molecular complexity index is 446. The number of nitriles is 1. The van der Waals surface area contributed by atoms with Gasteiger partial charge in [0.1, 0.15) is 0 Å². The molecule has 5 heteroatoms. The van der Waals surface area contributed by atoms with E-state index in [9.17, 15) is 18.3 Å². The minimum atomic E-state index is -4.36. The largest absolute Gasteiger partial charge is 0.416 e. The molecule has 1 N–H and O–H groups in total. The predicted molar refractivity (Wildman–Crippen MR) is 53.6 cm³/mol. The summed E-state index contributed by atoms with van der Waals surface area (Å²) >= 11 is 0. The van der Waals surface area contributed by atoms with Gasteiger partial charge < -0.3 is 5.11 Å². The summed E-state index contributed by atoms with van der Waals surface area (Å²) in [4.78, 5) is 0. The zero-order valence-corrected chi connectivity index (χ0v) is 8.78. The van der Waals surface area contributed by atoms with E-state index in [1.165, 1.54) is 12.1 Å². The van der Waals surface area contributed by atoms with Crippen molar-refractivity contribution in [1.29, 1.82) is 5.26 Å². The molecular weight excluding hydrogens is 231 g/mol. The highest BCUT2D eigenvalue weighted by molar-refractivity contribution is 5.27. The van der Waals surface area contributed by atoms with Crippen molar-refractivity contribution in [3.8, 4) is 6.07 Å². The summed E-state index contributed by atoms with van der Waals surface area (Å²) in [6, 6.07) is 6.46. The molecule has 1 aromatic rings. The number of aliphatic hydroxyl groups excluding tert-OH is 1. The summed E-state index contributed by atoms with van der Waals surface area (Å²) in [6.07, 6.45) is -4.60. The van der Waals surface area contributed by atoms with Gasteiger partial charge in [-0.15, -0.1) is 0 Å². The maximum absolute atomic E-state index is 12.3. The van der Waals surface area contributed by atoms with Crippen molar-refractivity contribution in [1.82, 2.24) is 0 Å². The number of nitrogens with zero attached hydrogens (tertiary/aromatic N) is 1. The molecule has 17 heavy (non-hydrogen) atoms. The summed E-state index contributed by atoms with van der Waals surface area (Å²) in [6.45, 7) is 0. The molecule has 3 atom stereocenters. The molecule has 0 aromatic heterocycles. The van der Waals surface area contributed by atoms with Crippen molar-refractivity contribution in [3.63, 3.8) is 0 Å². The van der Waals surface area contributed by atoms with Crippen LogP contribution >= 0.6 is 0 Å². The Morgan fingerprint density at radius 3 is 2.29 bits per heavy atom. The first-order chi connectivity index (χ1) is 7.93. The zero-order valence-electron chi connectivity index (χ0n) is 8.78. The van der Waals surface area contributed by atoms with Gasteiger partial charge in [-0.1, -0.05) is 12.1 Å². The van der Waals surface area contributed by atoms with Crippen LogP contribution in [0.5, 0.6) is 0 Å². The van der Waals surface area contributed by atoms with E-state index in [2.05, 4.69) is 0 Å². The molecule has 0 amide bonds. The van der Waals surface area contributed by atoms with Crippen LogP contribution < -0.4 is 0 Å². The molecule has 0 spiro atoms. The molecule has 0 heterocycles. The van der Waals surface area contributed by atoms with E-state index in [4.69, 9.17) is 5.26 Å². The number of aliphatic hydroxyl groups is 1. The molecule has 0 saturated heterocycles. The second kappa shape index (κ2) is 4.04. The molecule has 1 aromatic carbocycles. The smallest absolute Gasteiger partial charge is 0.388 e. The van der Waals surface area contributed by atoms with Crippen LogP contribution in [0.2, 0.25) is 0 Å². The second-order valence-corrected chi connectivity index (χ2v) is 4.20. The Labute approximate surface area is 96.3 Å². The van der Waals surface area contributed by atoms with E-state index >= 15 is 0 Å². The quantitative estimate of drug-likeness (QED) is 0.865. The second-order valence-electron chi connectivity index (χ2n) is 4.20. The summed E-state index contributed by atoms with van der Waals surface area (Å²) in [5.74, 6) is -0.316. The average Bonchev–Trinajstić information content (AvgIpc) is 3.06. The Morgan fingerprint density at radius 1 is 1.29 bits per heavy atom. The number of hydrogen-bond donors (Lipinski definition) is 1. The molecular formula is C12H10F3NO. The molecule has 3 unspecified atom stereocenters. The van der Waals surface area contributed by atoms with Gasteiger partial charge in [-0.25, -0.2) is 0 Å². The minimum absolute atomic E-state index is 0.142. The highest BCUT2D eigenvalue weighted by atomic mass is 19.4. The number of halogens is 3. The van der Waals surface area contributed by atoms with Gasteiger partial charge in [-0.05, 0) is 24.1 Å². The number of hydrogen-bond acceptors (Lipinski definition) is 2. The molecule has 1 aliphatic rings. The van der Waals surface area contributed by atoms with E-state index in [0.717, 1.165) is 12.1 Å². The third-order valence-corrected chi connectivity index (χ3v) is 2.99. The van der Waals surface area contributed by atoms with Gasteiger partial charge in [-0.3, -0.25) is 0 Å². The molecule has 0 radical (unpaired) electrons. The molecule has 1 aliphatic carbocycles. The monoisotopic (exact) mass is 241 g/mol. The third-order valence-electron chi connectivity index (χ3n) is 2.99. The number of benzene rings is 1. The topological polar surface area (TPSA) is 44.0 Å². The van der Waals surface area contributed by atoms with Crippen molar-refractivity contribution < 1.29 is 18.3 Å². The van der Waals surface area contributed by atoms with Crippen LogP contribution in [-0.4, -0.2) is 5.11 Å². The average molecular weight is 241 g/mol. The maximum atomic E-state index is 12.3. The van der Waals surface area contributed by atoms with Gasteiger partial charge in [0.25, 0.3) is 0 Å². The molecule has 2 nitrogen and oxygen atoms in total. The van der Waals surface area contributed by atoms with Crippen LogP contribution in [0.25, 0.3) is 0 Å². The van der Waals surface area contributed by atoms with Crippen LogP contribution in [0.3, 0.4) is 0 Å². The van der Waals surface area contributed by atoms with Gasteiger partial charge in [0, 0.05) is 5.92 Å². The van der Waals surface area contributed by atoms with Gasteiger partial charge >= 0.3 is 6.18 Å². The minimum Gasteiger partial charge on any atom is -0.388 e. The molecule has 90 valence electrons. The van der Waals surface area contributed by atoms with Gasteiger partial charge in [0.15, 0.2) is 0 Å². The van der Waals surface area contributed by atoms with Crippen molar-refractivity contribution in [2.45, 2.75) is 18.7 Å². The van der Waals surface area contributed by atoms with Crippen LogP contribution in [0.4, 0.5) is 13.2 Å². The van der Waals surface area contributed by atoms with Crippen LogP contribution in [0.15, 0.2) is 24.3 Å². The van der Waals surface area contributed by atoms with Crippen LogP contribution in [0, 0.1) is 23.2 Å². The van der Waals surface area contributed by atoms with Crippen molar-refractivity contribution >= 4 is 0 Å². The lowest BCUT2D eigenvalue weighted by Gasteiger charge is -2.11. The fourth-order valence-corrected chi connectivity index (χ4v) is 1.83. The fraction of sp³-hybridized carbons (Fsp3) is 0.417. The SMILES string of the molecule is N#CC1CC1C(O)c1ccc(C(F)(F)F)cc1. The summed E-state index contributed by atoms with van der Waals surface area (Å²) in [5, 5.41) is 18.4. The van der Waals surface area contributed by atoms with Crippen LogP contribution in [-0.2, 0) is 6.18 Å². The Balaban J connectivity index is 2.11. The van der Waals surface area contributed by atoms with Gasteiger partial charge in [0.2, 0.25) is 0 Å². The van der Waals surface area contributed by atoms with Crippen molar-refractivity contribution in [2.24, 2.45) is 11.8 Å². The summed E-state index contributed by atoms with van der Waals surface area (Å²) < 4.78 is 36.9. The Kier molecular flexibility index (Phi) is 2.84. The zero-order chi connectivity index (χ0) is 12.6. The Morgan fingerprint density at radius 2 is 1.88 bits per heavy atom. The fourth-order valence-electron chi connectivity index (χ4n) is 1.83. The highest BCUT2D eigenvalue weighted by Gasteiger charge is 2.43. The standard InChI is InChI=1S/C12H10F3NO/c13-12(14,15)9-3-1-7(2-4-9)11(17)10-5-8(10)6-16/h1-4,8,10-11,17H,5H2. The first kappa shape index (κ1) is 11.9. The summed E-state index contributed by atoms with van der Waals surface area (Å²) in [5.41, 5.74) is -0.304. The van der Waals surface area contributed by atoms with E-state index in [1.54, 1.807) is 0 Å². The van der Waals surface area contributed by atoms with Crippen molar-refractivity contribution in [3.05, 3.63) is 35.4 Å². The molecule has 0 bridgehead atoms.